The molecule has 3 heterocycles. The zero-order chi connectivity index (χ0) is 18.7. The average Bonchev–Trinajstić information content (AvgIpc) is 2.81. The molecule has 138 valence electrons. The maximum Gasteiger partial charge on any atom is 0.261 e. The summed E-state index contributed by atoms with van der Waals surface area (Å²) in [6.07, 6.45) is 1.76. The van der Waals surface area contributed by atoms with Crippen LogP contribution < -0.4 is 10.5 Å². The Labute approximate surface area is 160 Å². The van der Waals surface area contributed by atoms with Crippen LogP contribution in [-0.2, 0) is 15.1 Å². The fraction of sp³-hybridized carbons (Fsp3) is 0.500. The first-order chi connectivity index (χ1) is 12.3. The van der Waals surface area contributed by atoms with Crippen molar-refractivity contribution in [1.82, 2.24) is 9.80 Å². The zero-order valence-electron chi connectivity index (χ0n) is 14.8. The normalized spacial score (nSPS) is 26.7. The van der Waals surface area contributed by atoms with Crippen molar-refractivity contribution < 1.29 is 14.3 Å². The molecule has 26 heavy (non-hydrogen) atoms. The van der Waals surface area contributed by atoms with Gasteiger partial charge in [0.05, 0.1) is 0 Å². The third-order valence-corrected chi connectivity index (χ3v) is 6.21. The van der Waals surface area contributed by atoms with Gasteiger partial charge in [-0.25, -0.2) is 4.99 Å². The number of likely N-dealkylation sites (tertiary alicyclic amines) is 1. The highest BCUT2D eigenvalue weighted by Gasteiger charge is 2.58. The van der Waals surface area contributed by atoms with E-state index in [1.54, 1.807) is 14.0 Å². The molecule has 0 saturated carbocycles. The third kappa shape index (κ3) is 2.42. The number of hydrogen-bond acceptors (Lipinski definition) is 5. The molecule has 3 aliphatic rings. The maximum atomic E-state index is 13.2. The summed E-state index contributed by atoms with van der Waals surface area (Å²) in [7, 11) is 1.65. The van der Waals surface area contributed by atoms with E-state index in [1.165, 1.54) is 4.90 Å². The van der Waals surface area contributed by atoms with E-state index in [0.717, 1.165) is 10.0 Å². The van der Waals surface area contributed by atoms with Crippen molar-refractivity contribution in [2.75, 3.05) is 20.1 Å². The average molecular weight is 421 g/mol. The number of carbonyl (C=O) groups is 2. The summed E-state index contributed by atoms with van der Waals surface area (Å²) in [6, 6.07) is 5.66. The number of halogens is 1. The van der Waals surface area contributed by atoms with Gasteiger partial charge in [0.1, 0.15) is 11.4 Å². The molecular weight excluding hydrogens is 400 g/mol. The van der Waals surface area contributed by atoms with Crippen molar-refractivity contribution in [2.24, 2.45) is 10.7 Å². The minimum Gasteiger partial charge on any atom is -0.487 e. The van der Waals surface area contributed by atoms with E-state index in [9.17, 15) is 9.59 Å². The predicted octanol–water partition coefficient (Wildman–Crippen LogP) is 1.59. The number of nitrogens with zero attached hydrogens (tertiary/aromatic N) is 3. The van der Waals surface area contributed by atoms with E-state index in [-0.39, 0.29) is 17.8 Å². The first-order valence-electron chi connectivity index (χ1n) is 8.64. The number of nitrogens with two attached hydrogens (primary N) is 1. The number of benzene rings is 1. The highest BCUT2D eigenvalue weighted by molar-refractivity contribution is 9.10. The number of piperidine rings is 1. The molecule has 8 heteroatoms. The highest BCUT2D eigenvalue weighted by atomic mass is 79.9. The quantitative estimate of drug-likeness (QED) is 0.689. The molecule has 2 N–H and O–H groups in total. The Morgan fingerprint density at radius 3 is 2.62 bits per heavy atom. The van der Waals surface area contributed by atoms with E-state index >= 15 is 0 Å². The van der Waals surface area contributed by atoms with Gasteiger partial charge < -0.3 is 15.4 Å². The lowest BCUT2D eigenvalue weighted by atomic mass is 9.72. The van der Waals surface area contributed by atoms with Crippen LogP contribution in [0.2, 0.25) is 0 Å². The lowest BCUT2D eigenvalue weighted by Gasteiger charge is -2.48. The van der Waals surface area contributed by atoms with Gasteiger partial charge in [-0.05, 0) is 18.2 Å². The molecule has 7 nitrogen and oxygen atoms in total. The number of amides is 2. The van der Waals surface area contributed by atoms with Crippen molar-refractivity contribution in [2.45, 2.75) is 37.3 Å². The molecule has 1 aromatic rings. The Kier molecular flexibility index (Phi) is 3.80. The summed E-state index contributed by atoms with van der Waals surface area (Å²) in [6.45, 7) is 2.80. The van der Waals surface area contributed by atoms with Crippen LogP contribution >= 0.6 is 15.9 Å². The van der Waals surface area contributed by atoms with E-state index in [4.69, 9.17) is 10.5 Å². The Morgan fingerprint density at radius 1 is 1.35 bits per heavy atom. The van der Waals surface area contributed by atoms with E-state index in [0.29, 0.717) is 38.1 Å². The van der Waals surface area contributed by atoms with Crippen molar-refractivity contribution in [1.29, 1.82) is 0 Å². The van der Waals surface area contributed by atoms with Crippen LogP contribution in [0, 0.1) is 0 Å². The molecular formula is C18H21BrN4O3. The summed E-state index contributed by atoms with van der Waals surface area (Å²) < 4.78 is 7.27. The van der Waals surface area contributed by atoms with Gasteiger partial charge in [-0.15, -0.1) is 0 Å². The molecule has 2 amide bonds. The smallest absolute Gasteiger partial charge is 0.261 e. The topological polar surface area (TPSA) is 88.2 Å². The third-order valence-electron chi connectivity index (χ3n) is 5.72. The number of aliphatic imine (C=N–C) groups is 1. The van der Waals surface area contributed by atoms with Crippen LogP contribution in [-0.4, -0.2) is 53.3 Å². The summed E-state index contributed by atoms with van der Waals surface area (Å²) in [4.78, 5) is 32.7. The molecule has 3 aliphatic heterocycles. The van der Waals surface area contributed by atoms with E-state index < -0.39 is 11.1 Å². The van der Waals surface area contributed by atoms with Crippen LogP contribution in [0.1, 0.15) is 31.7 Å². The largest absolute Gasteiger partial charge is 0.487 e. The number of hydrogen-bond donors (Lipinski definition) is 1. The van der Waals surface area contributed by atoms with Gasteiger partial charge in [-0.2, -0.15) is 0 Å². The van der Waals surface area contributed by atoms with Gasteiger partial charge in [0.2, 0.25) is 5.91 Å². The number of likely N-dealkylation sites (N-methyl/N-ethyl adjacent to an activating group) is 1. The van der Waals surface area contributed by atoms with Crippen molar-refractivity contribution in [3.05, 3.63) is 28.2 Å². The minimum atomic E-state index is -1.06. The second-order valence-corrected chi connectivity index (χ2v) is 8.22. The number of fused-ring (bicyclic) bond motifs is 2. The van der Waals surface area contributed by atoms with E-state index in [2.05, 4.69) is 20.9 Å². The second kappa shape index (κ2) is 5.70. The molecule has 2 spiro atoms. The van der Waals surface area contributed by atoms with Crippen LogP contribution in [0.5, 0.6) is 5.75 Å². The Morgan fingerprint density at radius 2 is 2.04 bits per heavy atom. The van der Waals surface area contributed by atoms with Gasteiger partial charge in [0, 0.05) is 56.4 Å². The number of ether oxygens (including phenoxy) is 1. The molecule has 1 unspecified atom stereocenters. The molecule has 1 atom stereocenters. The lowest BCUT2D eigenvalue weighted by molar-refractivity contribution is -0.139. The van der Waals surface area contributed by atoms with Gasteiger partial charge in [-0.1, -0.05) is 15.9 Å². The summed E-state index contributed by atoms with van der Waals surface area (Å²) in [5, 5.41) is 0. The van der Waals surface area contributed by atoms with Crippen LogP contribution in [0.25, 0.3) is 0 Å². The standard InChI is InChI=1S/C18H21BrN4O3/c1-11(24)23-7-5-17(6-8-23)10-18(15(25)22(2)16(20)21-18)13-9-12(19)3-4-14(13)26-17/h3-4,9H,5-8,10H2,1-2H3,(H2,20,21). The number of guanidine groups is 1. The molecule has 0 aliphatic carbocycles. The fourth-order valence-electron chi connectivity index (χ4n) is 4.24. The Balaban J connectivity index is 1.79. The molecule has 0 bridgehead atoms. The molecule has 1 fully saturated rings. The first kappa shape index (κ1) is 17.3. The monoisotopic (exact) mass is 420 g/mol. The number of rotatable bonds is 0. The van der Waals surface area contributed by atoms with Crippen molar-refractivity contribution in [3.63, 3.8) is 0 Å². The van der Waals surface area contributed by atoms with Gasteiger partial charge in [-0.3, -0.25) is 14.5 Å². The highest BCUT2D eigenvalue weighted by Crippen LogP contribution is 2.52. The maximum absolute atomic E-state index is 13.2. The lowest BCUT2D eigenvalue weighted by Crippen LogP contribution is -2.56. The summed E-state index contributed by atoms with van der Waals surface area (Å²) >= 11 is 3.48. The summed E-state index contributed by atoms with van der Waals surface area (Å²) in [5.41, 5.74) is 5.15. The van der Waals surface area contributed by atoms with Crippen molar-refractivity contribution in [3.8, 4) is 5.75 Å². The summed E-state index contributed by atoms with van der Waals surface area (Å²) in [5.74, 6) is 0.815. The SMILES string of the molecule is CC(=O)N1CCC2(CC1)CC1(N=C(N)N(C)C1=O)c1cc(Br)ccc1O2. The minimum absolute atomic E-state index is 0.0636. The first-order valence-corrected chi connectivity index (χ1v) is 9.44. The zero-order valence-corrected chi connectivity index (χ0v) is 16.4. The Hall–Kier alpha value is -2.09. The van der Waals surface area contributed by atoms with Gasteiger partial charge in [0.25, 0.3) is 5.91 Å². The Bertz CT molecular complexity index is 832. The fourth-order valence-corrected chi connectivity index (χ4v) is 4.60. The van der Waals surface area contributed by atoms with E-state index in [1.807, 2.05) is 23.1 Å². The van der Waals surface area contributed by atoms with Crippen molar-refractivity contribution >= 4 is 33.7 Å². The molecule has 1 aromatic carbocycles. The molecule has 4 rings (SSSR count). The second-order valence-electron chi connectivity index (χ2n) is 7.30. The van der Waals surface area contributed by atoms with Gasteiger partial charge >= 0.3 is 0 Å². The number of carbonyl (C=O) groups excluding carboxylic acids is 2. The van der Waals surface area contributed by atoms with Crippen LogP contribution in [0.4, 0.5) is 0 Å². The van der Waals surface area contributed by atoms with Crippen LogP contribution in [0.15, 0.2) is 27.7 Å². The molecule has 0 radical (unpaired) electrons. The van der Waals surface area contributed by atoms with Crippen LogP contribution in [0.3, 0.4) is 0 Å². The van der Waals surface area contributed by atoms with Gasteiger partial charge in [0.15, 0.2) is 11.5 Å². The predicted molar refractivity (Wildman–Crippen MR) is 99.7 cm³/mol. The molecule has 1 saturated heterocycles. The molecule has 0 aromatic heterocycles.